The van der Waals surface area contributed by atoms with Gasteiger partial charge in [0, 0.05) is 13.1 Å². The fraction of sp³-hybridized carbons (Fsp3) is 0.571. The van der Waals surface area contributed by atoms with Crippen molar-refractivity contribution in [2.75, 3.05) is 18.8 Å². The molecule has 0 amide bonds. The number of hydrogen-bond donors (Lipinski definition) is 1. The van der Waals surface area contributed by atoms with E-state index in [2.05, 4.69) is 4.98 Å². The van der Waals surface area contributed by atoms with Crippen LogP contribution in [0.4, 0.5) is 5.13 Å². The van der Waals surface area contributed by atoms with E-state index < -0.39 is 10.0 Å². The van der Waals surface area contributed by atoms with E-state index in [4.69, 9.17) is 5.73 Å². The minimum Gasteiger partial charge on any atom is -0.375 e. The maximum atomic E-state index is 11.9. The van der Waals surface area contributed by atoms with Crippen molar-refractivity contribution in [3.05, 3.63) is 5.69 Å². The van der Waals surface area contributed by atoms with Gasteiger partial charge in [0.1, 0.15) is 0 Å². The zero-order valence-corrected chi connectivity index (χ0v) is 9.36. The van der Waals surface area contributed by atoms with Gasteiger partial charge in [-0.1, -0.05) is 11.3 Å². The van der Waals surface area contributed by atoms with Gasteiger partial charge in [-0.2, -0.15) is 4.31 Å². The van der Waals surface area contributed by atoms with Crippen LogP contribution >= 0.6 is 11.3 Å². The molecule has 1 aromatic heterocycles. The molecule has 1 aromatic rings. The summed E-state index contributed by atoms with van der Waals surface area (Å²) < 4.78 is 25.5. The Balaban J connectivity index is 2.43. The Morgan fingerprint density at radius 1 is 1.50 bits per heavy atom. The maximum absolute atomic E-state index is 11.9. The van der Waals surface area contributed by atoms with E-state index in [0.29, 0.717) is 23.9 Å². The van der Waals surface area contributed by atoms with Crippen molar-refractivity contribution in [2.24, 2.45) is 0 Å². The number of thiazole rings is 1. The zero-order chi connectivity index (χ0) is 10.3. The summed E-state index contributed by atoms with van der Waals surface area (Å²) in [4.78, 5) is 3.91. The molecule has 0 aliphatic carbocycles. The van der Waals surface area contributed by atoms with E-state index in [-0.39, 0.29) is 4.21 Å². The van der Waals surface area contributed by atoms with Crippen LogP contribution in [0.15, 0.2) is 4.21 Å². The summed E-state index contributed by atoms with van der Waals surface area (Å²) in [5, 5.41) is 0.307. The van der Waals surface area contributed by atoms with Crippen molar-refractivity contribution in [1.82, 2.24) is 9.29 Å². The molecular formula is C7H11N3O2S2. The lowest BCUT2D eigenvalue weighted by atomic mass is 10.3. The van der Waals surface area contributed by atoms with E-state index >= 15 is 0 Å². The molecule has 0 unspecified atom stereocenters. The molecule has 0 spiro atoms. The van der Waals surface area contributed by atoms with Crippen LogP contribution in [0.3, 0.4) is 0 Å². The van der Waals surface area contributed by atoms with Gasteiger partial charge in [-0.05, 0) is 13.3 Å². The molecule has 2 N–H and O–H groups in total. The molecule has 0 saturated carbocycles. The van der Waals surface area contributed by atoms with E-state index in [0.717, 1.165) is 17.8 Å². The van der Waals surface area contributed by atoms with E-state index in [1.165, 1.54) is 4.31 Å². The van der Waals surface area contributed by atoms with Gasteiger partial charge in [-0.3, -0.25) is 0 Å². The van der Waals surface area contributed by atoms with Crippen molar-refractivity contribution in [1.29, 1.82) is 0 Å². The fourth-order valence-electron chi connectivity index (χ4n) is 1.29. The quantitative estimate of drug-likeness (QED) is 0.803. The number of nitrogen functional groups attached to an aromatic ring is 1. The Hall–Kier alpha value is -0.660. The summed E-state index contributed by atoms with van der Waals surface area (Å²) >= 11 is 1.04. The van der Waals surface area contributed by atoms with Crippen molar-refractivity contribution in [3.8, 4) is 0 Å². The smallest absolute Gasteiger partial charge is 0.254 e. The van der Waals surface area contributed by atoms with Gasteiger partial charge in [0.2, 0.25) is 0 Å². The fourth-order valence-corrected chi connectivity index (χ4v) is 4.24. The minimum atomic E-state index is -3.30. The summed E-state index contributed by atoms with van der Waals surface area (Å²) in [6, 6.07) is 0. The highest BCUT2D eigenvalue weighted by Crippen LogP contribution is 2.29. The third-order valence-corrected chi connectivity index (χ3v) is 5.63. The predicted octanol–water partition coefficient (Wildman–Crippen LogP) is 0.428. The number of sulfonamides is 1. The lowest BCUT2D eigenvalue weighted by Crippen LogP contribution is -2.41. The first kappa shape index (κ1) is 9.88. The molecule has 0 bridgehead atoms. The maximum Gasteiger partial charge on any atom is 0.254 e. The van der Waals surface area contributed by atoms with Crippen LogP contribution in [-0.4, -0.2) is 30.8 Å². The molecule has 0 atom stereocenters. The molecule has 2 rings (SSSR count). The Bertz CT molecular complexity index is 448. The zero-order valence-electron chi connectivity index (χ0n) is 7.73. The first-order valence-electron chi connectivity index (χ1n) is 4.25. The Kier molecular flexibility index (Phi) is 2.24. The normalized spacial score (nSPS) is 18.1. The van der Waals surface area contributed by atoms with Crippen molar-refractivity contribution in [3.63, 3.8) is 0 Å². The summed E-state index contributed by atoms with van der Waals surface area (Å²) in [5.41, 5.74) is 5.96. The van der Waals surface area contributed by atoms with E-state index in [9.17, 15) is 8.42 Å². The molecule has 0 radical (unpaired) electrons. The van der Waals surface area contributed by atoms with Crippen molar-refractivity contribution >= 4 is 26.5 Å². The van der Waals surface area contributed by atoms with Crippen LogP contribution in [0.5, 0.6) is 0 Å². The number of aryl methyl sites for hydroxylation is 1. The van der Waals surface area contributed by atoms with E-state index in [1.807, 2.05) is 0 Å². The average Bonchev–Trinajstić information content (AvgIpc) is 2.25. The molecule has 1 aliphatic rings. The highest BCUT2D eigenvalue weighted by atomic mass is 32.2. The van der Waals surface area contributed by atoms with Gasteiger partial charge < -0.3 is 5.73 Å². The van der Waals surface area contributed by atoms with Crippen LogP contribution in [-0.2, 0) is 10.0 Å². The number of aromatic nitrogens is 1. The number of hydrogen-bond acceptors (Lipinski definition) is 5. The van der Waals surface area contributed by atoms with Crippen LogP contribution in [0.25, 0.3) is 0 Å². The second-order valence-electron chi connectivity index (χ2n) is 3.18. The summed E-state index contributed by atoms with van der Waals surface area (Å²) in [6.07, 6.45) is 0.937. The van der Waals surface area contributed by atoms with Crippen molar-refractivity contribution < 1.29 is 8.42 Å². The molecule has 5 nitrogen and oxygen atoms in total. The van der Waals surface area contributed by atoms with E-state index in [1.54, 1.807) is 6.92 Å². The summed E-state index contributed by atoms with van der Waals surface area (Å²) in [7, 11) is -3.30. The van der Waals surface area contributed by atoms with Gasteiger partial charge >= 0.3 is 0 Å². The molecule has 0 aromatic carbocycles. The average molecular weight is 233 g/mol. The Morgan fingerprint density at radius 2 is 2.14 bits per heavy atom. The summed E-state index contributed by atoms with van der Waals surface area (Å²) in [6.45, 7) is 2.89. The number of anilines is 1. The molecule has 2 heterocycles. The molecule has 14 heavy (non-hydrogen) atoms. The molecule has 1 aliphatic heterocycles. The Morgan fingerprint density at radius 3 is 2.50 bits per heavy atom. The highest BCUT2D eigenvalue weighted by molar-refractivity contribution is 7.91. The lowest BCUT2D eigenvalue weighted by Gasteiger charge is -2.29. The third-order valence-electron chi connectivity index (χ3n) is 2.16. The van der Waals surface area contributed by atoms with Gasteiger partial charge in [0.25, 0.3) is 10.0 Å². The van der Waals surface area contributed by atoms with Gasteiger partial charge in [-0.15, -0.1) is 0 Å². The van der Waals surface area contributed by atoms with Crippen LogP contribution < -0.4 is 5.73 Å². The molecule has 1 saturated heterocycles. The van der Waals surface area contributed by atoms with Gasteiger partial charge in [0.05, 0.1) is 5.69 Å². The first-order chi connectivity index (χ1) is 6.51. The topological polar surface area (TPSA) is 76.3 Å². The number of rotatable bonds is 2. The first-order valence-corrected chi connectivity index (χ1v) is 6.50. The number of nitrogens with zero attached hydrogens (tertiary/aromatic N) is 2. The molecule has 1 fully saturated rings. The molecular weight excluding hydrogens is 222 g/mol. The second-order valence-corrected chi connectivity index (χ2v) is 6.35. The van der Waals surface area contributed by atoms with Gasteiger partial charge in [0.15, 0.2) is 9.34 Å². The van der Waals surface area contributed by atoms with Crippen LogP contribution in [0, 0.1) is 6.92 Å². The number of nitrogens with two attached hydrogens (primary N) is 1. The highest BCUT2D eigenvalue weighted by Gasteiger charge is 2.32. The SMILES string of the molecule is Cc1nc(N)sc1S(=O)(=O)N1CCC1. The molecule has 78 valence electrons. The largest absolute Gasteiger partial charge is 0.375 e. The predicted molar refractivity (Wildman–Crippen MR) is 54.6 cm³/mol. The van der Waals surface area contributed by atoms with Crippen LogP contribution in [0.2, 0.25) is 0 Å². The third kappa shape index (κ3) is 1.41. The summed E-state index contributed by atoms with van der Waals surface area (Å²) in [5.74, 6) is 0. The Labute approximate surface area is 86.6 Å². The minimum absolute atomic E-state index is 0.287. The standard InChI is InChI=1S/C7H11N3O2S2/c1-5-6(13-7(8)9-5)14(11,12)10-3-2-4-10/h2-4H2,1H3,(H2,8,9). The van der Waals surface area contributed by atoms with Crippen LogP contribution in [0.1, 0.15) is 12.1 Å². The second kappa shape index (κ2) is 3.18. The lowest BCUT2D eigenvalue weighted by molar-refractivity contribution is 0.310. The molecule has 7 heteroatoms. The van der Waals surface area contributed by atoms with Crippen molar-refractivity contribution in [2.45, 2.75) is 17.6 Å². The monoisotopic (exact) mass is 233 g/mol. The van der Waals surface area contributed by atoms with Gasteiger partial charge in [-0.25, -0.2) is 13.4 Å².